The average molecular weight is 472 g/mol. The van der Waals surface area contributed by atoms with Crippen LogP contribution >= 0.6 is 11.8 Å². The van der Waals surface area contributed by atoms with Crippen LogP contribution < -0.4 is 10.2 Å². The fraction of sp³-hybridized carbons (Fsp3) is 0.160. The number of hydrogen-bond acceptors (Lipinski definition) is 7. The van der Waals surface area contributed by atoms with Crippen molar-refractivity contribution in [3.05, 3.63) is 77.6 Å². The predicted molar refractivity (Wildman–Crippen MR) is 131 cm³/mol. The van der Waals surface area contributed by atoms with Gasteiger partial charge >= 0.3 is 0 Å². The molecule has 0 aliphatic heterocycles. The number of nitrogens with zero attached hydrogens (tertiary/aromatic N) is 4. The summed E-state index contributed by atoms with van der Waals surface area (Å²) < 4.78 is 5.78. The molecule has 0 saturated carbocycles. The first-order chi connectivity index (χ1) is 16.5. The summed E-state index contributed by atoms with van der Waals surface area (Å²) in [5.74, 6) is 0.424. The SMILES string of the molecule is Cc1oc2nc(SCC(=O)N(CC#N)c3ccccc3)nc(NC(=O)c3ccccc3)c2c1C. The normalized spacial score (nSPS) is 10.6. The summed E-state index contributed by atoms with van der Waals surface area (Å²) in [6.07, 6.45) is 0. The first-order valence-electron chi connectivity index (χ1n) is 10.5. The number of rotatable bonds is 7. The third-order valence-corrected chi connectivity index (χ3v) is 6.03. The van der Waals surface area contributed by atoms with Crippen molar-refractivity contribution >= 4 is 46.2 Å². The van der Waals surface area contributed by atoms with E-state index in [4.69, 9.17) is 9.68 Å². The molecule has 0 spiro atoms. The van der Waals surface area contributed by atoms with Gasteiger partial charge in [0.2, 0.25) is 11.6 Å². The zero-order valence-electron chi connectivity index (χ0n) is 18.6. The van der Waals surface area contributed by atoms with Crippen molar-refractivity contribution in [3.8, 4) is 6.07 Å². The summed E-state index contributed by atoms with van der Waals surface area (Å²) in [4.78, 5) is 36.0. The van der Waals surface area contributed by atoms with Gasteiger partial charge in [0, 0.05) is 16.8 Å². The van der Waals surface area contributed by atoms with Crippen LogP contribution in [0.2, 0.25) is 0 Å². The van der Waals surface area contributed by atoms with E-state index in [1.165, 1.54) is 4.90 Å². The van der Waals surface area contributed by atoms with Gasteiger partial charge in [-0.25, -0.2) is 4.98 Å². The Balaban J connectivity index is 1.60. The Bertz CT molecular complexity index is 1380. The van der Waals surface area contributed by atoms with Crippen molar-refractivity contribution in [1.82, 2.24) is 9.97 Å². The lowest BCUT2D eigenvalue weighted by Crippen LogP contribution is -2.32. The molecule has 34 heavy (non-hydrogen) atoms. The number of carbonyl (C=O) groups excluding carboxylic acids is 2. The van der Waals surface area contributed by atoms with Crippen molar-refractivity contribution in [2.45, 2.75) is 19.0 Å². The van der Waals surface area contributed by atoms with Gasteiger partial charge in [-0.3, -0.25) is 14.5 Å². The summed E-state index contributed by atoms with van der Waals surface area (Å²) in [6, 6.07) is 19.8. The molecular formula is C25H21N5O3S. The number of thioether (sulfide) groups is 1. The first kappa shape index (κ1) is 23.0. The number of furan rings is 1. The second-order valence-corrected chi connectivity index (χ2v) is 8.34. The smallest absolute Gasteiger partial charge is 0.256 e. The third kappa shape index (κ3) is 4.92. The minimum absolute atomic E-state index is 0.00677. The van der Waals surface area contributed by atoms with E-state index in [0.717, 1.165) is 17.3 Å². The van der Waals surface area contributed by atoms with E-state index >= 15 is 0 Å². The highest BCUT2D eigenvalue weighted by molar-refractivity contribution is 7.99. The van der Waals surface area contributed by atoms with Crippen LogP contribution in [0.5, 0.6) is 0 Å². The molecule has 2 amide bonds. The van der Waals surface area contributed by atoms with E-state index < -0.39 is 0 Å². The van der Waals surface area contributed by atoms with Gasteiger partial charge in [0.25, 0.3) is 5.91 Å². The number of benzene rings is 2. The topological polar surface area (TPSA) is 112 Å². The number of aryl methyl sites for hydroxylation is 2. The van der Waals surface area contributed by atoms with E-state index in [1.807, 2.05) is 32.0 Å². The molecule has 2 heterocycles. The predicted octanol–water partition coefficient (Wildman–Crippen LogP) is 4.74. The highest BCUT2D eigenvalue weighted by Gasteiger charge is 2.21. The number of nitriles is 1. The fourth-order valence-corrected chi connectivity index (χ4v) is 4.07. The molecule has 0 radical (unpaired) electrons. The molecule has 9 heteroatoms. The highest BCUT2D eigenvalue weighted by atomic mass is 32.2. The Hall–Kier alpha value is -4.16. The maximum Gasteiger partial charge on any atom is 0.256 e. The molecule has 0 fully saturated rings. The molecule has 8 nitrogen and oxygen atoms in total. The summed E-state index contributed by atoms with van der Waals surface area (Å²) in [5, 5.41) is 12.9. The van der Waals surface area contributed by atoms with Crippen molar-refractivity contribution < 1.29 is 14.0 Å². The number of hydrogen-bond donors (Lipinski definition) is 1. The van der Waals surface area contributed by atoms with Crippen LogP contribution in [0.3, 0.4) is 0 Å². The molecule has 2 aromatic carbocycles. The molecule has 170 valence electrons. The Labute approximate surface area is 200 Å². The van der Waals surface area contributed by atoms with Crippen LogP contribution in [0.25, 0.3) is 11.1 Å². The average Bonchev–Trinajstić information content (AvgIpc) is 3.15. The Morgan fingerprint density at radius 1 is 1.06 bits per heavy atom. The molecule has 0 bridgehead atoms. The van der Waals surface area contributed by atoms with E-state index in [0.29, 0.717) is 33.9 Å². The maximum atomic E-state index is 12.9. The Morgan fingerprint density at radius 3 is 2.41 bits per heavy atom. The molecule has 4 rings (SSSR count). The molecule has 2 aromatic heterocycles. The lowest BCUT2D eigenvalue weighted by atomic mass is 10.2. The van der Waals surface area contributed by atoms with Crippen LogP contribution in [0.15, 0.2) is 70.2 Å². The standard InChI is InChI=1S/C25H21N5O3S/c1-16-17(2)33-24-21(16)22(27-23(32)18-9-5-3-6-10-18)28-25(29-24)34-15-20(31)30(14-13-26)19-11-7-4-8-12-19/h3-12H,14-15H2,1-2H3,(H,27,28,29,32). The number of anilines is 2. The van der Waals surface area contributed by atoms with Gasteiger partial charge in [0.15, 0.2) is 5.16 Å². The Morgan fingerprint density at radius 2 is 1.74 bits per heavy atom. The molecule has 0 saturated heterocycles. The van der Waals surface area contributed by atoms with E-state index in [1.54, 1.807) is 48.5 Å². The number of amides is 2. The molecule has 1 N–H and O–H groups in total. The van der Waals surface area contributed by atoms with Crippen molar-refractivity contribution in [2.75, 3.05) is 22.5 Å². The lowest BCUT2D eigenvalue weighted by molar-refractivity contribution is -0.116. The van der Waals surface area contributed by atoms with Gasteiger partial charge in [-0.2, -0.15) is 10.2 Å². The van der Waals surface area contributed by atoms with Crippen LogP contribution in [0.1, 0.15) is 21.7 Å². The summed E-state index contributed by atoms with van der Waals surface area (Å²) in [7, 11) is 0. The molecule has 0 aliphatic rings. The quantitative estimate of drug-likeness (QED) is 0.235. The highest BCUT2D eigenvalue weighted by Crippen LogP contribution is 2.31. The van der Waals surface area contributed by atoms with Gasteiger partial charge in [0.05, 0.1) is 17.2 Å². The summed E-state index contributed by atoms with van der Waals surface area (Å²) >= 11 is 1.11. The van der Waals surface area contributed by atoms with Crippen LogP contribution in [-0.4, -0.2) is 34.1 Å². The third-order valence-electron chi connectivity index (χ3n) is 5.20. The number of nitrogens with one attached hydrogen (secondary N) is 1. The monoisotopic (exact) mass is 471 g/mol. The number of aromatic nitrogens is 2. The Kier molecular flexibility index (Phi) is 6.90. The largest absolute Gasteiger partial charge is 0.443 e. The second kappa shape index (κ2) is 10.2. The van der Waals surface area contributed by atoms with Gasteiger partial charge in [-0.15, -0.1) is 0 Å². The summed E-state index contributed by atoms with van der Waals surface area (Å²) in [6.45, 7) is 3.62. The molecule has 4 aromatic rings. The number of fused-ring (bicyclic) bond motifs is 1. The van der Waals surface area contributed by atoms with E-state index in [-0.39, 0.29) is 29.3 Å². The maximum absolute atomic E-state index is 12.9. The van der Waals surface area contributed by atoms with Crippen molar-refractivity contribution in [3.63, 3.8) is 0 Å². The van der Waals surface area contributed by atoms with Gasteiger partial charge in [0.1, 0.15) is 18.1 Å². The molecule has 0 atom stereocenters. The number of carbonyl (C=O) groups is 2. The van der Waals surface area contributed by atoms with Gasteiger partial charge in [-0.05, 0) is 38.1 Å². The van der Waals surface area contributed by atoms with Crippen LogP contribution in [-0.2, 0) is 4.79 Å². The van der Waals surface area contributed by atoms with Crippen LogP contribution in [0.4, 0.5) is 11.5 Å². The van der Waals surface area contributed by atoms with Crippen molar-refractivity contribution in [1.29, 1.82) is 5.26 Å². The molecule has 0 aliphatic carbocycles. The lowest BCUT2D eigenvalue weighted by Gasteiger charge is -2.19. The minimum atomic E-state index is -0.310. The zero-order valence-corrected chi connectivity index (χ0v) is 19.4. The molecular weight excluding hydrogens is 450 g/mol. The van der Waals surface area contributed by atoms with Crippen LogP contribution in [0, 0.1) is 25.2 Å². The van der Waals surface area contributed by atoms with Gasteiger partial charge in [-0.1, -0.05) is 48.2 Å². The fourth-order valence-electron chi connectivity index (χ4n) is 3.36. The van der Waals surface area contributed by atoms with Gasteiger partial charge < -0.3 is 9.73 Å². The first-order valence-corrected chi connectivity index (χ1v) is 11.5. The second-order valence-electron chi connectivity index (χ2n) is 7.40. The zero-order chi connectivity index (χ0) is 24.1. The summed E-state index contributed by atoms with van der Waals surface area (Å²) in [5.41, 5.74) is 2.29. The number of para-hydroxylation sites is 1. The van der Waals surface area contributed by atoms with E-state index in [2.05, 4.69) is 15.3 Å². The van der Waals surface area contributed by atoms with Crippen molar-refractivity contribution in [2.24, 2.45) is 0 Å². The minimum Gasteiger partial charge on any atom is -0.443 e. The molecule has 0 unspecified atom stereocenters. The van der Waals surface area contributed by atoms with E-state index in [9.17, 15) is 9.59 Å².